The minimum atomic E-state index is -0.357. The smallest absolute Gasteiger partial charge is 0.336 e. The molecule has 0 saturated heterocycles. The maximum Gasteiger partial charge on any atom is 0.336 e. The number of hydrogen-bond donors (Lipinski definition) is 0. The summed E-state index contributed by atoms with van der Waals surface area (Å²) >= 11 is 0. The van der Waals surface area contributed by atoms with Crippen LogP contribution in [0.5, 0.6) is 0 Å². The molecule has 0 aliphatic carbocycles. The van der Waals surface area contributed by atoms with E-state index in [2.05, 4.69) is 4.74 Å². The van der Waals surface area contributed by atoms with Crippen molar-refractivity contribution in [2.75, 3.05) is 7.11 Å². The number of ether oxygens (including phenoxy) is 1. The summed E-state index contributed by atoms with van der Waals surface area (Å²) in [6, 6.07) is 7.20. The normalized spacial score (nSPS) is 10.6. The highest BCUT2D eigenvalue weighted by atomic mass is 16.5. The Balaban J connectivity index is 2.28. The second-order valence-electron chi connectivity index (χ2n) is 4.52. The van der Waals surface area contributed by atoms with Crippen LogP contribution in [0.1, 0.15) is 24.0 Å². The van der Waals surface area contributed by atoms with Gasteiger partial charge in [-0.15, -0.1) is 0 Å². The second kappa shape index (κ2) is 5.69. The van der Waals surface area contributed by atoms with Crippen molar-refractivity contribution in [2.45, 2.75) is 26.2 Å². The van der Waals surface area contributed by atoms with E-state index in [4.69, 9.17) is 4.42 Å². The molecule has 0 saturated carbocycles. The molecule has 0 aliphatic rings. The molecule has 0 spiro atoms. The molecule has 0 atom stereocenters. The first-order valence-corrected chi connectivity index (χ1v) is 6.20. The topological polar surface area (TPSA) is 56.5 Å². The van der Waals surface area contributed by atoms with Crippen LogP contribution in [-0.4, -0.2) is 13.1 Å². The Labute approximate surface area is 111 Å². The van der Waals surface area contributed by atoms with E-state index in [1.807, 2.05) is 19.1 Å². The molecule has 2 aromatic rings. The van der Waals surface area contributed by atoms with Gasteiger partial charge in [-0.3, -0.25) is 4.79 Å². The van der Waals surface area contributed by atoms with Crippen molar-refractivity contribution in [3.63, 3.8) is 0 Å². The molecule has 1 aromatic carbocycles. The lowest BCUT2D eigenvalue weighted by Gasteiger charge is -2.05. The molecular weight excluding hydrogens is 244 g/mol. The van der Waals surface area contributed by atoms with Gasteiger partial charge in [0.25, 0.3) is 0 Å². The molecule has 0 aliphatic heterocycles. The molecule has 2 rings (SSSR count). The lowest BCUT2D eigenvalue weighted by Crippen LogP contribution is -2.04. The third-order valence-electron chi connectivity index (χ3n) is 3.04. The fourth-order valence-corrected chi connectivity index (χ4v) is 2.07. The SMILES string of the molecule is COC(=O)CCCc1cc(=O)oc2ccc(C)cc12. The largest absolute Gasteiger partial charge is 0.469 e. The standard InChI is InChI=1S/C15H16O4/c1-10-6-7-13-12(8-10)11(9-15(17)19-13)4-3-5-14(16)18-2/h6-9H,3-5H2,1-2H3. The van der Waals surface area contributed by atoms with Gasteiger partial charge in [-0.1, -0.05) is 11.6 Å². The van der Waals surface area contributed by atoms with E-state index in [0.29, 0.717) is 24.8 Å². The van der Waals surface area contributed by atoms with E-state index in [1.54, 1.807) is 6.07 Å². The molecule has 0 amide bonds. The summed E-state index contributed by atoms with van der Waals surface area (Å²) < 4.78 is 9.76. The molecule has 19 heavy (non-hydrogen) atoms. The van der Waals surface area contributed by atoms with Crippen molar-refractivity contribution < 1.29 is 13.9 Å². The Kier molecular flexibility index (Phi) is 4.00. The van der Waals surface area contributed by atoms with Crippen LogP contribution in [0.2, 0.25) is 0 Å². The highest BCUT2D eigenvalue weighted by Gasteiger charge is 2.07. The Hall–Kier alpha value is -2.10. The first-order valence-electron chi connectivity index (χ1n) is 6.20. The summed E-state index contributed by atoms with van der Waals surface area (Å²) in [7, 11) is 1.37. The first-order chi connectivity index (χ1) is 9.10. The molecule has 4 nitrogen and oxygen atoms in total. The number of carbonyl (C=O) groups is 1. The Morgan fingerprint density at radius 3 is 2.84 bits per heavy atom. The van der Waals surface area contributed by atoms with Gasteiger partial charge in [0.05, 0.1) is 7.11 Å². The number of fused-ring (bicyclic) bond motifs is 1. The number of methoxy groups -OCH3 is 1. The van der Waals surface area contributed by atoms with Crippen LogP contribution in [0.4, 0.5) is 0 Å². The zero-order valence-corrected chi connectivity index (χ0v) is 11.1. The molecule has 0 N–H and O–H groups in total. The molecule has 1 aromatic heterocycles. The van der Waals surface area contributed by atoms with Crippen molar-refractivity contribution in [2.24, 2.45) is 0 Å². The summed E-state index contributed by atoms with van der Waals surface area (Å²) in [5.74, 6) is -0.233. The van der Waals surface area contributed by atoms with Crippen molar-refractivity contribution in [1.82, 2.24) is 0 Å². The van der Waals surface area contributed by atoms with Crippen LogP contribution in [0.3, 0.4) is 0 Å². The predicted octanol–water partition coefficient (Wildman–Crippen LogP) is 2.60. The second-order valence-corrected chi connectivity index (χ2v) is 4.52. The maximum absolute atomic E-state index is 11.5. The lowest BCUT2D eigenvalue weighted by molar-refractivity contribution is -0.140. The van der Waals surface area contributed by atoms with Crippen molar-refractivity contribution in [1.29, 1.82) is 0 Å². The van der Waals surface area contributed by atoms with Crippen LogP contribution >= 0.6 is 0 Å². The summed E-state index contributed by atoms with van der Waals surface area (Å²) in [5, 5.41) is 0.935. The first kappa shape index (κ1) is 13.3. The van der Waals surface area contributed by atoms with E-state index < -0.39 is 0 Å². The number of esters is 1. The summed E-state index contributed by atoms with van der Waals surface area (Å²) in [6.07, 6.45) is 1.66. The van der Waals surface area contributed by atoms with Crippen molar-refractivity contribution in [3.8, 4) is 0 Å². The van der Waals surface area contributed by atoms with Gasteiger partial charge in [0.1, 0.15) is 5.58 Å². The number of hydrogen-bond acceptors (Lipinski definition) is 4. The van der Waals surface area contributed by atoms with Gasteiger partial charge in [0.15, 0.2) is 0 Å². The Bertz CT molecular complexity index is 655. The molecule has 1 heterocycles. The predicted molar refractivity (Wildman–Crippen MR) is 72.2 cm³/mol. The highest BCUT2D eigenvalue weighted by molar-refractivity contribution is 5.81. The van der Waals surface area contributed by atoms with Gasteiger partial charge in [-0.25, -0.2) is 4.79 Å². The van der Waals surface area contributed by atoms with E-state index in [9.17, 15) is 9.59 Å². The van der Waals surface area contributed by atoms with E-state index in [0.717, 1.165) is 16.5 Å². The Morgan fingerprint density at radius 2 is 2.11 bits per heavy atom. The Morgan fingerprint density at radius 1 is 1.32 bits per heavy atom. The quantitative estimate of drug-likeness (QED) is 0.626. The molecular formula is C15H16O4. The monoisotopic (exact) mass is 260 g/mol. The lowest BCUT2D eigenvalue weighted by atomic mass is 10.0. The van der Waals surface area contributed by atoms with Gasteiger partial charge >= 0.3 is 11.6 Å². The molecule has 100 valence electrons. The number of aryl methyl sites for hydroxylation is 2. The van der Waals surface area contributed by atoms with Gasteiger partial charge in [-0.05, 0) is 37.5 Å². The van der Waals surface area contributed by atoms with Crippen molar-refractivity contribution in [3.05, 3.63) is 45.8 Å². The fourth-order valence-electron chi connectivity index (χ4n) is 2.07. The van der Waals surface area contributed by atoms with Gasteiger partial charge in [0, 0.05) is 17.9 Å². The maximum atomic E-state index is 11.5. The zero-order chi connectivity index (χ0) is 13.8. The third-order valence-corrected chi connectivity index (χ3v) is 3.04. The van der Waals surface area contributed by atoms with Crippen LogP contribution in [0, 0.1) is 6.92 Å². The van der Waals surface area contributed by atoms with Crippen LogP contribution in [-0.2, 0) is 16.0 Å². The number of rotatable bonds is 4. The minimum Gasteiger partial charge on any atom is -0.469 e. The van der Waals surface area contributed by atoms with E-state index in [-0.39, 0.29) is 11.6 Å². The fraction of sp³-hybridized carbons (Fsp3) is 0.333. The zero-order valence-electron chi connectivity index (χ0n) is 11.1. The van der Waals surface area contributed by atoms with Gasteiger partial charge < -0.3 is 9.15 Å². The number of benzene rings is 1. The van der Waals surface area contributed by atoms with E-state index in [1.165, 1.54) is 13.2 Å². The molecule has 0 radical (unpaired) electrons. The molecule has 0 bridgehead atoms. The molecule has 4 heteroatoms. The minimum absolute atomic E-state index is 0.233. The average molecular weight is 260 g/mol. The van der Waals surface area contributed by atoms with E-state index >= 15 is 0 Å². The molecule has 0 fully saturated rings. The highest BCUT2D eigenvalue weighted by Crippen LogP contribution is 2.20. The van der Waals surface area contributed by atoms with Crippen LogP contribution < -0.4 is 5.63 Å². The van der Waals surface area contributed by atoms with Crippen LogP contribution in [0.25, 0.3) is 11.0 Å². The van der Waals surface area contributed by atoms with Crippen molar-refractivity contribution >= 4 is 16.9 Å². The third kappa shape index (κ3) is 3.22. The number of carbonyl (C=O) groups excluding carboxylic acids is 1. The van der Waals surface area contributed by atoms with Crippen LogP contribution in [0.15, 0.2) is 33.5 Å². The molecule has 0 unspecified atom stereocenters. The van der Waals surface area contributed by atoms with Gasteiger partial charge in [-0.2, -0.15) is 0 Å². The average Bonchev–Trinajstić information content (AvgIpc) is 2.39. The summed E-state index contributed by atoms with van der Waals surface area (Å²) in [5.41, 5.74) is 2.25. The van der Waals surface area contributed by atoms with Gasteiger partial charge in [0.2, 0.25) is 0 Å². The summed E-state index contributed by atoms with van der Waals surface area (Å²) in [4.78, 5) is 22.6. The summed E-state index contributed by atoms with van der Waals surface area (Å²) in [6.45, 7) is 1.99.